The first-order valence-corrected chi connectivity index (χ1v) is 10.0. The molecule has 1 fully saturated rings. The highest BCUT2D eigenvalue weighted by atomic mass is 35.5. The summed E-state index contributed by atoms with van der Waals surface area (Å²) in [5.74, 6) is 0.995. The summed E-state index contributed by atoms with van der Waals surface area (Å²) in [7, 11) is -1.24. The van der Waals surface area contributed by atoms with Gasteiger partial charge in [0.25, 0.3) is 5.91 Å². The van der Waals surface area contributed by atoms with E-state index < -0.39 is 10.8 Å². The summed E-state index contributed by atoms with van der Waals surface area (Å²) in [4.78, 5) is 17.3. The lowest BCUT2D eigenvalue weighted by Crippen LogP contribution is -2.48. The van der Waals surface area contributed by atoms with Crippen LogP contribution in [0.4, 0.5) is 0 Å². The number of carbonyl (C=O) groups excluding carboxylic acids is 1. The van der Waals surface area contributed by atoms with Crippen molar-refractivity contribution in [3.8, 4) is 0 Å². The Kier molecular flexibility index (Phi) is 5.93. The van der Waals surface area contributed by atoms with E-state index in [9.17, 15) is 9.00 Å². The molecule has 5 nitrogen and oxygen atoms in total. The number of nitrogens with zero attached hydrogens (tertiary/aromatic N) is 2. The second kappa shape index (κ2) is 8.17. The van der Waals surface area contributed by atoms with Crippen molar-refractivity contribution in [1.29, 1.82) is 0 Å². The minimum absolute atomic E-state index is 0.0979. The minimum Gasteiger partial charge on any atom is -0.455 e. The smallest absolute Gasteiger partial charge is 0.289 e. The first kappa shape index (κ1) is 18.2. The van der Waals surface area contributed by atoms with Gasteiger partial charge in [0.15, 0.2) is 5.76 Å². The van der Waals surface area contributed by atoms with Crippen LogP contribution >= 0.6 is 11.6 Å². The molecule has 1 atom stereocenters. The van der Waals surface area contributed by atoms with Gasteiger partial charge in [-0.25, -0.2) is 0 Å². The first-order valence-electron chi connectivity index (χ1n) is 8.31. The fourth-order valence-corrected chi connectivity index (χ4v) is 3.94. The van der Waals surface area contributed by atoms with Gasteiger partial charge in [0.1, 0.15) is 5.76 Å². The Morgan fingerprint density at radius 2 is 1.80 bits per heavy atom. The predicted molar refractivity (Wildman–Crippen MR) is 98.3 cm³/mol. The fourth-order valence-electron chi connectivity index (χ4n) is 2.79. The monoisotopic (exact) mass is 380 g/mol. The summed E-state index contributed by atoms with van der Waals surface area (Å²) >= 11 is 5.84. The number of rotatable bonds is 5. The number of likely N-dealkylation sites (N-methyl/N-ethyl adjacent to an activating group) is 1. The van der Waals surface area contributed by atoms with Crippen molar-refractivity contribution in [2.24, 2.45) is 0 Å². The first-order chi connectivity index (χ1) is 12.1. The molecule has 0 N–H and O–H groups in total. The Hall–Kier alpha value is -1.63. The second-order valence-corrected chi connectivity index (χ2v) is 7.82. The Bertz CT molecular complexity index is 752. The van der Waals surface area contributed by atoms with Crippen LogP contribution in [0.1, 0.15) is 23.2 Å². The summed E-state index contributed by atoms with van der Waals surface area (Å²) < 4.78 is 18.0. The molecule has 1 aliphatic heterocycles. The molecule has 1 unspecified atom stereocenters. The zero-order valence-electron chi connectivity index (χ0n) is 14.1. The van der Waals surface area contributed by atoms with Crippen LogP contribution in [0.3, 0.4) is 0 Å². The molecular weight excluding hydrogens is 360 g/mol. The summed E-state index contributed by atoms with van der Waals surface area (Å²) in [6.45, 7) is 6.31. The molecule has 0 radical (unpaired) electrons. The van der Waals surface area contributed by atoms with E-state index >= 15 is 0 Å². The Morgan fingerprint density at radius 1 is 1.12 bits per heavy atom. The average molecular weight is 381 g/mol. The highest BCUT2D eigenvalue weighted by molar-refractivity contribution is 7.84. The number of hydrogen-bond donors (Lipinski definition) is 0. The third-order valence-electron chi connectivity index (χ3n) is 4.33. The van der Waals surface area contributed by atoms with E-state index in [1.807, 2.05) is 4.90 Å². The molecule has 0 bridgehead atoms. The molecule has 2 heterocycles. The molecule has 7 heteroatoms. The molecule has 134 valence electrons. The SMILES string of the molecule is CCN1CCN(C(=O)c2ccc(CS(=O)c3ccc(Cl)cc3)o2)CC1. The van der Waals surface area contributed by atoms with Gasteiger partial charge in [-0.1, -0.05) is 18.5 Å². The van der Waals surface area contributed by atoms with Gasteiger partial charge in [0.2, 0.25) is 0 Å². The van der Waals surface area contributed by atoms with Crippen molar-refractivity contribution >= 4 is 28.3 Å². The molecule has 1 aromatic heterocycles. The predicted octanol–water partition coefficient (Wildman–Crippen LogP) is 3.02. The van der Waals surface area contributed by atoms with Gasteiger partial charge in [0.05, 0.1) is 16.6 Å². The van der Waals surface area contributed by atoms with E-state index in [-0.39, 0.29) is 11.7 Å². The number of carbonyl (C=O) groups is 1. The van der Waals surface area contributed by atoms with Gasteiger partial charge < -0.3 is 14.2 Å². The van der Waals surface area contributed by atoms with Crippen LogP contribution in [0.5, 0.6) is 0 Å². The molecule has 1 aliphatic rings. The van der Waals surface area contributed by atoms with E-state index in [0.29, 0.717) is 34.5 Å². The molecule has 25 heavy (non-hydrogen) atoms. The van der Waals surface area contributed by atoms with Crippen molar-refractivity contribution in [2.45, 2.75) is 17.6 Å². The summed E-state index contributed by atoms with van der Waals surface area (Å²) in [5.41, 5.74) is 0. The van der Waals surface area contributed by atoms with Crippen molar-refractivity contribution < 1.29 is 13.4 Å². The molecule has 0 saturated carbocycles. The second-order valence-electron chi connectivity index (χ2n) is 5.94. The Morgan fingerprint density at radius 3 is 2.44 bits per heavy atom. The summed E-state index contributed by atoms with van der Waals surface area (Å²) in [6.07, 6.45) is 0. The highest BCUT2D eigenvalue weighted by Crippen LogP contribution is 2.18. The number of amides is 1. The number of furan rings is 1. The lowest BCUT2D eigenvalue weighted by atomic mass is 10.3. The van der Waals surface area contributed by atoms with Gasteiger partial charge in [-0.05, 0) is 42.9 Å². The third kappa shape index (κ3) is 4.51. The molecule has 0 spiro atoms. The maximum absolute atomic E-state index is 12.5. The fraction of sp³-hybridized carbons (Fsp3) is 0.389. The highest BCUT2D eigenvalue weighted by Gasteiger charge is 2.23. The molecule has 3 rings (SSSR count). The van der Waals surface area contributed by atoms with Gasteiger partial charge >= 0.3 is 0 Å². The molecule has 2 aromatic rings. The molecule has 1 aromatic carbocycles. The molecular formula is C18H21ClN2O3S. The maximum Gasteiger partial charge on any atom is 0.289 e. The number of hydrogen-bond acceptors (Lipinski definition) is 4. The average Bonchev–Trinajstić information content (AvgIpc) is 3.10. The van der Waals surface area contributed by atoms with Crippen LogP contribution in [-0.4, -0.2) is 52.6 Å². The molecule has 0 aliphatic carbocycles. The van der Waals surface area contributed by atoms with E-state index in [2.05, 4.69) is 11.8 Å². The van der Waals surface area contributed by atoms with Crippen LogP contribution in [0.25, 0.3) is 0 Å². The Labute approximate surface area is 155 Å². The minimum atomic E-state index is -1.24. The van der Waals surface area contributed by atoms with Gasteiger partial charge in [-0.15, -0.1) is 0 Å². The third-order valence-corrected chi connectivity index (χ3v) is 5.93. The zero-order chi connectivity index (χ0) is 17.8. The normalized spacial score (nSPS) is 16.8. The van der Waals surface area contributed by atoms with Crippen molar-refractivity contribution in [3.05, 3.63) is 52.9 Å². The lowest BCUT2D eigenvalue weighted by Gasteiger charge is -2.33. The topological polar surface area (TPSA) is 53.8 Å². The van der Waals surface area contributed by atoms with Crippen LogP contribution in [0.2, 0.25) is 5.02 Å². The van der Waals surface area contributed by atoms with E-state index in [1.165, 1.54) is 0 Å². The lowest BCUT2D eigenvalue weighted by molar-refractivity contribution is 0.0611. The number of halogens is 1. The Balaban J connectivity index is 1.61. The van der Waals surface area contributed by atoms with Crippen molar-refractivity contribution in [1.82, 2.24) is 9.80 Å². The summed E-state index contributed by atoms with van der Waals surface area (Å²) in [6, 6.07) is 10.3. The molecule has 1 amide bonds. The number of piperazine rings is 1. The van der Waals surface area contributed by atoms with Crippen LogP contribution < -0.4 is 0 Å². The van der Waals surface area contributed by atoms with Gasteiger partial charge in [0, 0.05) is 36.1 Å². The van der Waals surface area contributed by atoms with Crippen LogP contribution in [0, 0.1) is 0 Å². The van der Waals surface area contributed by atoms with Crippen LogP contribution in [-0.2, 0) is 16.6 Å². The van der Waals surface area contributed by atoms with Gasteiger partial charge in [-0.2, -0.15) is 0 Å². The van der Waals surface area contributed by atoms with E-state index in [4.69, 9.17) is 16.0 Å². The van der Waals surface area contributed by atoms with Crippen LogP contribution in [0.15, 0.2) is 45.7 Å². The zero-order valence-corrected chi connectivity index (χ0v) is 15.7. The maximum atomic E-state index is 12.5. The standard InChI is InChI=1S/C18H21ClN2O3S/c1-2-20-9-11-21(12-10-20)18(22)17-8-5-15(24-17)13-25(23)16-6-3-14(19)4-7-16/h3-8H,2,9-13H2,1H3. The quantitative estimate of drug-likeness (QED) is 0.800. The van der Waals surface area contributed by atoms with E-state index in [1.54, 1.807) is 36.4 Å². The largest absolute Gasteiger partial charge is 0.455 e. The number of benzene rings is 1. The van der Waals surface area contributed by atoms with Gasteiger partial charge in [-0.3, -0.25) is 9.00 Å². The summed E-state index contributed by atoms with van der Waals surface area (Å²) in [5, 5.41) is 0.606. The van der Waals surface area contributed by atoms with Crippen molar-refractivity contribution in [2.75, 3.05) is 32.7 Å². The van der Waals surface area contributed by atoms with Crippen molar-refractivity contribution in [3.63, 3.8) is 0 Å². The van der Waals surface area contributed by atoms with E-state index in [0.717, 1.165) is 19.6 Å². The molecule has 1 saturated heterocycles.